The predicted octanol–water partition coefficient (Wildman–Crippen LogP) is 11.3. The van der Waals surface area contributed by atoms with Crippen LogP contribution in [-0.2, 0) is 6.42 Å². The van der Waals surface area contributed by atoms with Crippen molar-refractivity contribution in [3.05, 3.63) is 134 Å². The quantitative estimate of drug-likeness (QED) is 0.195. The second-order valence-corrected chi connectivity index (χ2v) is 10.4. The number of anilines is 2. The number of rotatable bonds is 6. The second-order valence-electron chi connectivity index (χ2n) is 10.4. The highest BCUT2D eigenvalue weighted by Crippen LogP contribution is 2.49. The molecule has 0 aliphatic heterocycles. The Morgan fingerprint density at radius 2 is 1.29 bits per heavy atom. The van der Waals surface area contributed by atoms with Crippen molar-refractivity contribution in [3.63, 3.8) is 0 Å². The fourth-order valence-electron chi connectivity index (χ4n) is 6.39. The predicted molar refractivity (Wildman–Crippen MR) is 175 cm³/mol. The maximum absolute atomic E-state index is 6.74. The van der Waals surface area contributed by atoms with Gasteiger partial charge in [-0.2, -0.15) is 0 Å². The molecule has 0 aliphatic rings. The highest BCUT2D eigenvalue weighted by molar-refractivity contribution is 6.33. The first-order valence-corrected chi connectivity index (χ1v) is 14.2. The van der Waals surface area contributed by atoms with E-state index in [0.717, 1.165) is 89.3 Å². The van der Waals surface area contributed by atoms with E-state index in [2.05, 4.69) is 73.5 Å². The molecule has 202 valence electrons. The lowest BCUT2D eigenvalue weighted by molar-refractivity contribution is 0.660. The largest absolute Gasteiger partial charge is 0.456 e. The van der Waals surface area contributed by atoms with E-state index in [1.807, 2.05) is 54.6 Å². The zero-order valence-electron chi connectivity index (χ0n) is 23.2. The van der Waals surface area contributed by atoms with Crippen LogP contribution in [0.25, 0.3) is 65.8 Å². The van der Waals surface area contributed by atoms with Gasteiger partial charge in [0.2, 0.25) is 0 Å². The Morgan fingerprint density at radius 3 is 2.02 bits per heavy atom. The summed E-state index contributed by atoms with van der Waals surface area (Å²) in [4.78, 5) is 2.24. The van der Waals surface area contributed by atoms with Crippen molar-refractivity contribution in [2.75, 3.05) is 4.90 Å². The molecule has 0 aliphatic carbocycles. The summed E-state index contributed by atoms with van der Waals surface area (Å²) in [5, 5.41) is 6.05. The lowest BCUT2D eigenvalue weighted by atomic mass is 10.0. The Labute approximate surface area is 242 Å². The van der Waals surface area contributed by atoms with Crippen LogP contribution in [0.3, 0.4) is 0 Å². The summed E-state index contributed by atoms with van der Waals surface area (Å²) in [6.45, 7) is 10.3. The first-order chi connectivity index (χ1) is 20.7. The van der Waals surface area contributed by atoms with Crippen molar-refractivity contribution >= 4 is 77.2 Å². The topological polar surface area (TPSA) is 42.7 Å². The molecule has 0 atom stereocenters. The van der Waals surface area contributed by atoms with Crippen molar-refractivity contribution in [2.45, 2.75) is 13.3 Å². The molecular formula is C38H27NO3. The molecule has 0 N–H and O–H groups in total. The third-order valence-electron chi connectivity index (χ3n) is 8.18. The van der Waals surface area contributed by atoms with Gasteiger partial charge >= 0.3 is 0 Å². The van der Waals surface area contributed by atoms with Gasteiger partial charge in [0, 0.05) is 39.0 Å². The fraction of sp³-hybridized carbons (Fsp3) is 0.0526. The second kappa shape index (κ2) is 9.28. The molecule has 42 heavy (non-hydrogen) atoms. The normalized spacial score (nSPS) is 12.4. The third kappa shape index (κ3) is 3.36. The summed E-state index contributed by atoms with van der Waals surface area (Å²) in [6.07, 6.45) is 6.52. The SMILES string of the molecule is C=C/C=C(\C=C)N(c1ccccc1CC)c1cc2oc3ccc4oc5ccccc5c4c3c2c2oc3ccccc3c12. The molecule has 3 heterocycles. The van der Waals surface area contributed by atoms with Gasteiger partial charge in [-0.15, -0.1) is 0 Å². The molecule has 8 rings (SSSR count). The molecule has 0 saturated heterocycles. The molecular weight excluding hydrogens is 518 g/mol. The van der Waals surface area contributed by atoms with E-state index in [0.29, 0.717) is 0 Å². The Morgan fingerprint density at radius 1 is 0.643 bits per heavy atom. The maximum atomic E-state index is 6.74. The fourth-order valence-corrected chi connectivity index (χ4v) is 6.39. The van der Waals surface area contributed by atoms with E-state index in [9.17, 15) is 0 Å². The molecule has 0 unspecified atom stereocenters. The average Bonchev–Trinajstić information content (AvgIpc) is 3.71. The minimum Gasteiger partial charge on any atom is -0.456 e. The molecule has 4 heteroatoms. The zero-order valence-corrected chi connectivity index (χ0v) is 23.2. The van der Waals surface area contributed by atoms with Crippen molar-refractivity contribution < 1.29 is 13.3 Å². The number of hydrogen-bond acceptors (Lipinski definition) is 4. The lowest BCUT2D eigenvalue weighted by Gasteiger charge is -2.29. The highest BCUT2D eigenvalue weighted by Gasteiger charge is 2.27. The number of nitrogens with zero attached hydrogens (tertiary/aromatic N) is 1. The van der Waals surface area contributed by atoms with Gasteiger partial charge in [-0.25, -0.2) is 0 Å². The molecule has 0 amide bonds. The number of fused-ring (bicyclic) bond motifs is 11. The van der Waals surface area contributed by atoms with Crippen molar-refractivity contribution in [3.8, 4) is 0 Å². The molecule has 0 radical (unpaired) electrons. The minimum absolute atomic E-state index is 0.741. The number of para-hydroxylation sites is 3. The van der Waals surface area contributed by atoms with E-state index < -0.39 is 0 Å². The summed E-state index contributed by atoms with van der Waals surface area (Å²) in [7, 11) is 0. The number of benzene rings is 5. The van der Waals surface area contributed by atoms with E-state index in [4.69, 9.17) is 13.3 Å². The van der Waals surface area contributed by atoms with Crippen LogP contribution < -0.4 is 4.90 Å². The van der Waals surface area contributed by atoms with Crippen LogP contribution in [0.15, 0.2) is 141 Å². The smallest absolute Gasteiger partial charge is 0.149 e. The molecule has 8 aromatic rings. The van der Waals surface area contributed by atoms with Crippen LogP contribution in [0.4, 0.5) is 11.4 Å². The molecule has 0 fully saturated rings. The summed E-state index contributed by atoms with van der Waals surface area (Å²) in [5.41, 5.74) is 8.92. The van der Waals surface area contributed by atoms with Gasteiger partial charge in [-0.3, -0.25) is 0 Å². The standard InChI is InChI=1S/C38H27NO3/c1-4-13-24(6-3)39(27-17-10-7-14-23(27)5-2)28-22-33-37(38-34(28)25-15-8-12-19-30(25)42-38)36-32(41-33)21-20-31-35(36)26-16-9-11-18-29(26)40-31/h4,6-22H,1,3,5H2,2H3/b24-13+. The van der Waals surface area contributed by atoms with Gasteiger partial charge in [-0.1, -0.05) is 80.8 Å². The maximum Gasteiger partial charge on any atom is 0.149 e. The van der Waals surface area contributed by atoms with Crippen LogP contribution in [-0.4, -0.2) is 0 Å². The molecule has 0 spiro atoms. The lowest BCUT2D eigenvalue weighted by Crippen LogP contribution is -2.17. The first kappa shape index (κ1) is 24.3. The van der Waals surface area contributed by atoms with E-state index in [1.165, 1.54) is 5.56 Å². The van der Waals surface area contributed by atoms with Crippen molar-refractivity contribution in [2.24, 2.45) is 0 Å². The van der Waals surface area contributed by atoms with Crippen LogP contribution >= 0.6 is 0 Å². The van der Waals surface area contributed by atoms with Crippen molar-refractivity contribution in [1.82, 2.24) is 0 Å². The molecule has 3 aromatic heterocycles. The average molecular weight is 546 g/mol. The van der Waals surface area contributed by atoms with E-state index in [1.54, 1.807) is 6.08 Å². The molecule has 4 nitrogen and oxygen atoms in total. The van der Waals surface area contributed by atoms with Gasteiger partial charge in [0.05, 0.1) is 16.5 Å². The third-order valence-corrected chi connectivity index (χ3v) is 8.18. The number of aryl methyl sites for hydroxylation is 1. The van der Waals surface area contributed by atoms with Gasteiger partial charge in [-0.05, 0) is 54.5 Å². The Hall–Kier alpha value is -5.48. The molecule has 5 aromatic carbocycles. The van der Waals surface area contributed by atoms with Gasteiger partial charge in [0.15, 0.2) is 0 Å². The molecule has 0 bridgehead atoms. The Balaban J connectivity index is 1.60. The van der Waals surface area contributed by atoms with Gasteiger partial charge in [0.25, 0.3) is 0 Å². The Bertz CT molecular complexity index is 2390. The van der Waals surface area contributed by atoms with E-state index >= 15 is 0 Å². The summed E-state index contributed by atoms with van der Waals surface area (Å²) < 4.78 is 19.6. The molecule has 0 saturated carbocycles. The van der Waals surface area contributed by atoms with Crippen LogP contribution in [0.1, 0.15) is 12.5 Å². The van der Waals surface area contributed by atoms with Gasteiger partial charge < -0.3 is 18.2 Å². The summed E-state index contributed by atoms with van der Waals surface area (Å²) >= 11 is 0. The number of hydrogen-bond donors (Lipinski definition) is 0. The van der Waals surface area contributed by atoms with E-state index in [-0.39, 0.29) is 0 Å². The van der Waals surface area contributed by atoms with Crippen LogP contribution in [0.5, 0.6) is 0 Å². The van der Waals surface area contributed by atoms with Crippen LogP contribution in [0, 0.1) is 0 Å². The monoisotopic (exact) mass is 545 g/mol. The summed E-state index contributed by atoms with van der Waals surface area (Å²) in [6, 6.07) is 30.9. The summed E-state index contributed by atoms with van der Waals surface area (Å²) in [5.74, 6) is 0. The minimum atomic E-state index is 0.741. The van der Waals surface area contributed by atoms with Gasteiger partial charge in [0.1, 0.15) is 33.5 Å². The van der Waals surface area contributed by atoms with Crippen molar-refractivity contribution in [1.29, 1.82) is 0 Å². The highest BCUT2D eigenvalue weighted by atomic mass is 16.3. The Kier molecular flexibility index (Phi) is 5.38. The van der Waals surface area contributed by atoms with Crippen LogP contribution in [0.2, 0.25) is 0 Å². The zero-order chi connectivity index (χ0) is 28.4. The number of allylic oxidation sites excluding steroid dienone is 3. The first-order valence-electron chi connectivity index (χ1n) is 14.2. The number of furan rings is 3.